The summed E-state index contributed by atoms with van der Waals surface area (Å²) in [5.74, 6) is -0.795. The number of benzene rings is 1. The van der Waals surface area contributed by atoms with E-state index in [0.29, 0.717) is 11.4 Å². The molecular weight excluding hydrogens is 372 g/mol. The summed E-state index contributed by atoms with van der Waals surface area (Å²) in [7, 11) is 0.625. The van der Waals surface area contributed by atoms with E-state index in [2.05, 4.69) is 0 Å². The average Bonchev–Trinajstić information content (AvgIpc) is 3.02. The first kappa shape index (κ1) is 18.8. The van der Waals surface area contributed by atoms with Gasteiger partial charge in [0.2, 0.25) is 0 Å². The van der Waals surface area contributed by atoms with Gasteiger partial charge < -0.3 is 19.9 Å². The van der Waals surface area contributed by atoms with Crippen molar-refractivity contribution in [3.05, 3.63) is 42.2 Å². The molecule has 2 N–H and O–H groups in total. The molecule has 0 bridgehead atoms. The smallest absolute Gasteiger partial charge is 0.266 e. The molecule has 3 rings (SSSR count). The summed E-state index contributed by atoms with van der Waals surface area (Å²) < 4.78 is 34.7. The number of aryl methyl sites for hydroxylation is 1. The van der Waals surface area contributed by atoms with Gasteiger partial charge in [0, 0.05) is 27.3 Å². The predicted octanol–water partition coefficient (Wildman–Crippen LogP) is 0.169. The molecule has 27 heavy (non-hydrogen) atoms. The summed E-state index contributed by atoms with van der Waals surface area (Å²) in [6.07, 6.45) is 0.333. The summed E-state index contributed by atoms with van der Waals surface area (Å²) in [5, 5.41) is 0. The van der Waals surface area contributed by atoms with Crippen molar-refractivity contribution in [1.29, 1.82) is 0 Å². The van der Waals surface area contributed by atoms with Crippen LogP contribution in [0.4, 0.5) is 5.69 Å². The van der Waals surface area contributed by atoms with Crippen LogP contribution in [0.5, 0.6) is 5.75 Å². The minimum Gasteiger partial charge on any atom is -0.476 e. The zero-order chi connectivity index (χ0) is 19.9. The quantitative estimate of drug-likeness (QED) is 0.796. The highest BCUT2D eigenvalue weighted by molar-refractivity contribution is 7.92. The average molecular weight is 392 g/mol. The number of fused-ring (bicyclic) bond motifs is 1. The van der Waals surface area contributed by atoms with Crippen LogP contribution in [0.3, 0.4) is 0 Å². The lowest BCUT2D eigenvalue weighted by Gasteiger charge is -2.35. The Labute approximate surface area is 157 Å². The lowest BCUT2D eigenvalue weighted by Crippen LogP contribution is -2.50. The Balaban J connectivity index is 2.09. The molecule has 1 aromatic carbocycles. The van der Waals surface area contributed by atoms with Crippen molar-refractivity contribution in [3.63, 3.8) is 0 Å². The highest BCUT2D eigenvalue weighted by Crippen LogP contribution is 2.37. The van der Waals surface area contributed by atoms with E-state index >= 15 is 0 Å². The standard InChI is InChI=1S/C17H20N4O5S/c1-19(2)17(23)15-10-21(12-6-4-5-7-14(12)26-15)27(24,25)11-8-13(16(18)22)20(3)9-11/h4-9,15H,10H2,1-3H3,(H2,18,22)/t15-/m1/s1. The molecule has 10 heteroatoms. The molecule has 1 aliphatic rings. The van der Waals surface area contributed by atoms with E-state index in [1.807, 2.05) is 0 Å². The van der Waals surface area contributed by atoms with Crippen LogP contribution in [0.25, 0.3) is 0 Å². The Kier molecular flexibility index (Phi) is 4.60. The number of para-hydroxylation sites is 2. The van der Waals surface area contributed by atoms with E-state index in [1.54, 1.807) is 38.4 Å². The minimum atomic E-state index is -4.05. The van der Waals surface area contributed by atoms with Gasteiger partial charge in [0.15, 0.2) is 6.10 Å². The predicted molar refractivity (Wildman–Crippen MR) is 98.0 cm³/mol. The third kappa shape index (κ3) is 3.23. The summed E-state index contributed by atoms with van der Waals surface area (Å²) in [6, 6.07) is 7.80. The molecule has 1 atom stereocenters. The topological polar surface area (TPSA) is 115 Å². The maximum atomic E-state index is 13.3. The number of likely N-dealkylation sites (N-methyl/N-ethyl adjacent to an activating group) is 1. The molecule has 9 nitrogen and oxygen atoms in total. The highest BCUT2D eigenvalue weighted by atomic mass is 32.2. The zero-order valence-corrected chi connectivity index (χ0v) is 15.9. The van der Waals surface area contributed by atoms with Crippen molar-refractivity contribution < 1.29 is 22.7 Å². The lowest BCUT2D eigenvalue weighted by atomic mass is 10.2. The Hall–Kier alpha value is -3.01. The lowest BCUT2D eigenvalue weighted by molar-refractivity contribution is -0.135. The number of ether oxygens (including phenoxy) is 1. The van der Waals surface area contributed by atoms with Crippen LogP contribution >= 0.6 is 0 Å². The molecule has 2 heterocycles. The maximum Gasteiger partial charge on any atom is 0.266 e. The summed E-state index contributed by atoms with van der Waals surface area (Å²) in [4.78, 5) is 25.1. The summed E-state index contributed by atoms with van der Waals surface area (Å²) in [5.41, 5.74) is 5.67. The van der Waals surface area contributed by atoms with Gasteiger partial charge in [0.05, 0.1) is 12.2 Å². The van der Waals surface area contributed by atoms with Gasteiger partial charge in [0.25, 0.3) is 21.8 Å². The number of primary amides is 1. The highest BCUT2D eigenvalue weighted by Gasteiger charge is 2.38. The number of nitrogens with zero attached hydrogens (tertiary/aromatic N) is 3. The van der Waals surface area contributed by atoms with Crippen LogP contribution < -0.4 is 14.8 Å². The Morgan fingerprint density at radius 2 is 1.93 bits per heavy atom. The molecule has 0 aliphatic carbocycles. The zero-order valence-electron chi connectivity index (χ0n) is 15.1. The summed E-state index contributed by atoms with van der Waals surface area (Å²) in [6.45, 7) is -0.183. The molecule has 144 valence electrons. The molecule has 1 aromatic heterocycles. The van der Waals surface area contributed by atoms with Crippen LogP contribution in [0.15, 0.2) is 41.4 Å². The van der Waals surface area contributed by atoms with Crippen molar-refractivity contribution in [2.75, 3.05) is 24.9 Å². The number of hydrogen-bond acceptors (Lipinski definition) is 5. The van der Waals surface area contributed by atoms with Gasteiger partial charge in [-0.2, -0.15) is 0 Å². The van der Waals surface area contributed by atoms with Gasteiger partial charge in [-0.3, -0.25) is 13.9 Å². The fourth-order valence-corrected chi connectivity index (χ4v) is 4.44. The van der Waals surface area contributed by atoms with Gasteiger partial charge in [0.1, 0.15) is 16.3 Å². The normalized spacial score (nSPS) is 16.4. The monoisotopic (exact) mass is 392 g/mol. The second-order valence-corrected chi connectivity index (χ2v) is 8.24. The van der Waals surface area contributed by atoms with Crippen LogP contribution in [0, 0.1) is 0 Å². The molecule has 0 saturated heterocycles. The molecule has 0 unspecified atom stereocenters. The number of nitrogens with two attached hydrogens (primary N) is 1. The van der Waals surface area contributed by atoms with E-state index in [-0.39, 0.29) is 23.0 Å². The van der Waals surface area contributed by atoms with E-state index in [0.717, 1.165) is 4.31 Å². The number of amides is 2. The molecule has 0 saturated carbocycles. The second-order valence-electron chi connectivity index (χ2n) is 6.38. The first-order chi connectivity index (χ1) is 12.6. The third-order valence-corrected chi connectivity index (χ3v) is 6.02. The van der Waals surface area contributed by atoms with Crippen LogP contribution in [-0.4, -0.2) is 56.4 Å². The fraction of sp³-hybridized carbons (Fsp3) is 0.294. The van der Waals surface area contributed by atoms with E-state index in [4.69, 9.17) is 10.5 Å². The Morgan fingerprint density at radius 1 is 1.26 bits per heavy atom. The number of sulfonamides is 1. The van der Waals surface area contributed by atoms with Crippen molar-refractivity contribution in [3.8, 4) is 5.75 Å². The number of aromatic nitrogens is 1. The van der Waals surface area contributed by atoms with Crippen LogP contribution in [-0.2, 0) is 21.9 Å². The SMILES string of the molecule is CN(C)C(=O)[C@H]1CN(S(=O)(=O)c2cc(C(N)=O)n(C)c2)c2ccccc2O1. The van der Waals surface area contributed by atoms with Gasteiger partial charge in [-0.25, -0.2) is 8.42 Å². The molecule has 1 aliphatic heterocycles. The second kappa shape index (κ2) is 6.62. The van der Waals surface area contributed by atoms with E-state index in [9.17, 15) is 18.0 Å². The molecule has 0 spiro atoms. The van der Waals surface area contributed by atoms with Gasteiger partial charge in [-0.15, -0.1) is 0 Å². The maximum absolute atomic E-state index is 13.3. The number of carbonyl (C=O) groups excluding carboxylic acids is 2. The van der Waals surface area contributed by atoms with Crippen LogP contribution in [0.1, 0.15) is 10.5 Å². The largest absolute Gasteiger partial charge is 0.476 e. The number of anilines is 1. The molecular formula is C17H20N4O5S. The van der Waals surface area contributed by atoms with Crippen molar-refractivity contribution in [2.24, 2.45) is 12.8 Å². The van der Waals surface area contributed by atoms with E-state index < -0.39 is 22.0 Å². The van der Waals surface area contributed by atoms with Gasteiger partial charge >= 0.3 is 0 Å². The van der Waals surface area contributed by atoms with Crippen molar-refractivity contribution in [2.45, 2.75) is 11.0 Å². The molecule has 0 radical (unpaired) electrons. The fourth-order valence-electron chi connectivity index (χ4n) is 2.89. The first-order valence-corrected chi connectivity index (χ1v) is 9.52. The Bertz CT molecular complexity index is 1010. The molecule has 2 amide bonds. The minimum absolute atomic E-state index is 0.0658. The third-order valence-electron chi connectivity index (χ3n) is 4.27. The van der Waals surface area contributed by atoms with Gasteiger partial charge in [-0.05, 0) is 18.2 Å². The molecule has 0 fully saturated rings. The number of hydrogen-bond donors (Lipinski definition) is 1. The van der Waals surface area contributed by atoms with E-state index in [1.165, 1.54) is 28.8 Å². The Morgan fingerprint density at radius 3 is 2.52 bits per heavy atom. The summed E-state index contributed by atoms with van der Waals surface area (Å²) >= 11 is 0. The molecule has 2 aromatic rings. The van der Waals surface area contributed by atoms with Crippen molar-refractivity contribution >= 4 is 27.5 Å². The first-order valence-electron chi connectivity index (χ1n) is 8.08. The van der Waals surface area contributed by atoms with Crippen molar-refractivity contribution in [1.82, 2.24) is 9.47 Å². The van der Waals surface area contributed by atoms with Crippen LogP contribution in [0.2, 0.25) is 0 Å². The number of carbonyl (C=O) groups is 2. The van der Waals surface area contributed by atoms with Gasteiger partial charge in [-0.1, -0.05) is 12.1 Å². The number of rotatable bonds is 4.